The summed E-state index contributed by atoms with van der Waals surface area (Å²) >= 11 is 0. The third-order valence-corrected chi connectivity index (χ3v) is 4.73. The lowest BCUT2D eigenvalue weighted by molar-refractivity contribution is 0.0640. The molecule has 4 nitrogen and oxygen atoms in total. The van der Waals surface area contributed by atoms with Crippen molar-refractivity contribution in [2.24, 2.45) is 0 Å². The Bertz CT molecular complexity index is 665. The number of aryl methyl sites for hydroxylation is 1. The van der Waals surface area contributed by atoms with Crippen molar-refractivity contribution < 1.29 is 9.32 Å². The van der Waals surface area contributed by atoms with Gasteiger partial charge < -0.3 is 9.42 Å². The predicted molar refractivity (Wildman–Crippen MR) is 89.4 cm³/mol. The zero-order valence-corrected chi connectivity index (χ0v) is 13.9. The molecule has 0 N–H and O–H groups in total. The number of hydrogen-bond donors (Lipinski definition) is 0. The van der Waals surface area contributed by atoms with Crippen LogP contribution in [-0.4, -0.2) is 29.1 Å². The number of piperidine rings is 1. The van der Waals surface area contributed by atoms with Crippen LogP contribution in [0, 0.1) is 0 Å². The van der Waals surface area contributed by atoms with Gasteiger partial charge in [0, 0.05) is 31.0 Å². The largest absolute Gasteiger partial charge is 0.361 e. The van der Waals surface area contributed by atoms with Crippen molar-refractivity contribution in [3.63, 3.8) is 0 Å². The highest BCUT2D eigenvalue weighted by molar-refractivity contribution is 5.92. The van der Waals surface area contributed by atoms with E-state index in [0.717, 1.165) is 44.5 Å². The normalized spacial score (nSPS) is 21.4. The first-order chi connectivity index (χ1) is 11.1. The molecule has 0 aliphatic carbocycles. The SMILES string of the molecule is CCCc1cc(C(=O)N2CCC[C@@](C)(c3ccccc3)C2)no1. The second-order valence-electron chi connectivity index (χ2n) is 6.69. The summed E-state index contributed by atoms with van der Waals surface area (Å²) in [5, 5.41) is 3.96. The minimum absolute atomic E-state index is 0.00511. The summed E-state index contributed by atoms with van der Waals surface area (Å²) in [5.74, 6) is 0.775. The van der Waals surface area contributed by atoms with Crippen molar-refractivity contribution in [1.82, 2.24) is 10.1 Å². The standard InChI is InChI=1S/C19H24N2O2/c1-3-8-16-13-17(20-23-16)18(22)21-12-7-11-19(2,14-21)15-9-5-4-6-10-15/h4-6,9-10,13H,3,7-8,11-12,14H2,1-2H3/t19-/m1/s1. The lowest BCUT2D eigenvalue weighted by atomic mass is 9.76. The van der Waals surface area contributed by atoms with Crippen LogP contribution in [0.2, 0.25) is 0 Å². The number of nitrogens with zero attached hydrogens (tertiary/aromatic N) is 2. The number of carbonyl (C=O) groups excluding carboxylic acids is 1. The molecule has 23 heavy (non-hydrogen) atoms. The summed E-state index contributed by atoms with van der Waals surface area (Å²) in [7, 11) is 0. The number of likely N-dealkylation sites (tertiary alicyclic amines) is 1. The second kappa shape index (κ2) is 6.57. The number of hydrogen-bond acceptors (Lipinski definition) is 3. The molecule has 3 rings (SSSR count). The highest BCUT2D eigenvalue weighted by Crippen LogP contribution is 2.34. The van der Waals surface area contributed by atoms with Gasteiger partial charge in [0.05, 0.1) is 0 Å². The third-order valence-electron chi connectivity index (χ3n) is 4.73. The van der Waals surface area contributed by atoms with E-state index in [0.29, 0.717) is 5.69 Å². The van der Waals surface area contributed by atoms with Gasteiger partial charge in [0.2, 0.25) is 0 Å². The fourth-order valence-corrected chi connectivity index (χ4v) is 3.43. The highest BCUT2D eigenvalue weighted by atomic mass is 16.5. The van der Waals surface area contributed by atoms with Crippen LogP contribution in [0.15, 0.2) is 40.9 Å². The van der Waals surface area contributed by atoms with Gasteiger partial charge in [-0.25, -0.2) is 0 Å². The molecular weight excluding hydrogens is 288 g/mol. The molecule has 4 heteroatoms. The van der Waals surface area contributed by atoms with E-state index in [1.807, 2.05) is 11.0 Å². The number of benzene rings is 1. The minimum atomic E-state index is -0.0158. The topological polar surface area (TPSA) is 46.3 Å². The Labute approximate surface area is 137 Å². The summed E-state index contributed by atoms with van der Waals surface area (Å²) in [6.45, 7) is 5.84. The quantitative estimate of drug-likeness (QED) is 0.862. The summed E-state index contributed by atoms with van der Waals surface area (Å²) in [6.07, 6.45) is 3.91. The van der Waals surface area contributed by atoms with Gasteiger partial charge in [-0.15, -0.1) is 0 Å². The van der Waals surface area contributed by atoms with Gasteiger partial charge in [-0.2, -0.15) is 0 Å². The van der Waals surface area contributed by atoms with E-state index in [2.05, 4.69) is 43.3 Å². The van der Waals surface area contributed by atoms with E-state index < -0.39 is 0 Å². The Morgan fingerprint density at radius 2 is 2.13 bits per heavy atom. The molecule has 1 aliphatic rings. The van der Waals surface area contributed by atoms with Crippen LogP contribution in [0.25, 0.3) is 0 Å². The molecule has 0 spiro atoms. The van der Waals surface area contributed by atoms with Gasteiger partial charge in [-0.1, -0.05) is 49.3 Å². The molecule has 1 aromatic heterocycles. The zero-order valence-electron chi connectivity index (χ0n) is 13.9. The van der Waals surface area contributed by atoms with Crippen LogP contribution in [0.1, 0.15) is 54.9 Å². The smallest absolute Gasteiger partial charge is 0.276 e. The van der Waals surface area contributed by atoms with Gasteiger partial charge >= 0.3 is 0 Å². The minimum Gasteiger partial charge on any atom is -0.361 e. The van der Waals surface area contributed by atoms with Crippen LogP contribution in [0.4, 0.5) is 0 Å². The average molecular weight is 312 g/mol. The molecule has 2 heterocycles. The molecule has 0 bridgehead atoms. The van der Waals surface area contributed by atoms with E-state index >= 15 is 0 Å². The predicted octanol–water partition coefficient (Wildman–Crippen LogP) is 3.82. The molecule has 0 saturated carbocycles. The summed E-state index contributed by atoms with van der Waals surface area (Å²) in [6, 6.07) is 12.3. The maximum absolute atomic E-state index is 12.7. The highest BCUT2D eigenvalue weighted by Gasteiger charge is 2.35. The van der Waals surface area contributed by atoms with Crippen molar-refractivity contribution in [1.29, 1.82) is 0 Å². The summed E-state index contributed by atoms with van der Waals surface area (Å²) in [4.78, 5) is 14.7. The fraction of sp³-hybridized carbons (Fsp3) is 0.474. The Balaban J connectivity index is 1.76. The van der Waals surface area contributed by atoms with Crippen LogP contribution in [-0.2, 0) is 11.8 Å². The summed E-state index contributed by atoms with van der Waals surface area (Å²) < 4.78 is 5.26. The van der Waals surface area contributed by atoms with Gasteiger partial charge in [0.25, 0.3) is 5.91 Å². The van der Waals surface area contributed by atoms with Crippen LogP contribution in [0.3, 0.4) is 0 Å². The number of aromatic nitrogens is 1. The van der Waals surface area contributed by atoms with Crippen LogP contribution < -0.4 is 0 Å². The van der Waals surface area contributed by atoms with E-state index in [1.54, 1.807) is 6.07 Å². The third kappa shape index (κ3) is 3.31. The molecule has 0 radical (unpaired) electrons. The van der Waals surface area contributed by atoms with Crippen LogP contribution >= 0.6 is 0 Å². The monoisotopic (exact) mass is 312 g/mol. The van der Waals surface area contributed by atoms with E-state index in [-0.39, 0.29) is 11.3 Å². The first kappa shape index (κ1) is 15.8. The van der Waals surface area contributed by atoms with Crippen molar-refractivity contribution >= 4 is 5.91 Å². The number of rotatable bonds is 4. The maximum atomic E-state index is 12.7. The molecular formula is C19H24N2O2. The lowest BCUT2D eigenvalue weighted by Crippen LogP contribution is -2.47. The first-order valence-corrected chi connectivity index (χ1v) is 8.43. The van der Waals surface area contributed by atoms with Gasteiger partial charge in [0.15, 0.2) is 5.69 Å². The number of carbonyl (C=O) groups is 1. The van der Waals surface area contributed by atoms with E-state index in [1.165, 1.54) is 5.56 Å². The van der Waals surface area contributed by atoms with Gasteiger partial charge in [-0.05, 0) is 24.8 Å². The summed E-state index contributed by atoms with van der Waals surface area (Å²) in [5.41, 5.74) is 1.74. The van der Waals surface area contributed by atoms with Gasteiger partial charge in [-0.3, -0.25) is 4.79 Å². The Morgan fingerprint density at radius 1 is 1.35 bits per heavy atom. The molecule has 2 aromatic rings. The molecule has 1 aromatic carbocycles. The lowest BCUT2D eigenvalue weighted by Gasteiger charge is -2.40. The van der Waals surface area contributed by atoms with Crippen molar-refractivity contribution in [3.8, 4) is 0 Å². The Hall–Kier alpha value is -2.10. The van der Waals surface area contributed by atoms with Gasteiger partial charge in [0.1, 0.15) is 5.76 Å². The Kier molecular flexibility index (Phi) is 4.51. The zero-order chi connectivity index (χ0) is 16.3. The van der Waals surface area contributed by atoms with E-state index in [4.69, 9.17) is 4.52 Å². The molecule has 122 valence electrons. The molecule has 1 saturated heterocycles. The molecule has 1 aliphatic heterocycles. The van der Waals surface area contributed by atoms with Crippen molar-refractivity contribution in [2.75, 3.05) is 13.1 Å². The molecule has 1 atom stereocenters. The molecule has 0 unspecified atom stereocenters. The van der Waals surface area contributed by atoms with Crippen molar-refractivity contribution in [3.05, 3.63) is 53.4 Å². The second-order valence-corrected chi connectivity index (χ2v) is 6.69. The Morgan fingerprint density at radius 3 is 2.87 bits per heavy atom. The molecule has 1 fully saturated rings. The fourth-order valence-electron chi connectivity index (χ4n) is 3.43. The molecule has 1 amide bonds. The first-order valence-electron chi connectivity index (χ1n) is 8.43. The van der Waals surface area contributed by atoms with Crippen molar-refractivity contribution in [2.45, 2.75) is 44.9 Å². The van der Waals surface area contributed by atoms with Crippen LogP contribution in [0.5, 0.6) is 0 Å². The number of amides is 1. The average Bonchev–Trinajstić information content (AvgIpc) is 3.04. The maximum Gasteiger partial charge on any atom is 0.276 e. The van der Waals surface area contributed by atoms with E-state index in [9.17, 15) is 4.79 Å².